The van der Waals surface area contributed by atoms with Gasteiger partial charge < -0.3 is 15.4 Å². The van der Waals surface area contributed by atoms with Crippen LogP contribution in [0.4, 0.5) is 22.4 Å². The Morgan fingerprint density at radius 3 is 2.52 bits per heavy atom. The molecule has 218 valence electrons. The number of fused-ring (bicyclic) bond motifs is 2. The van der Waals surface area contributed by atoms with Crippen LogP contribution in [0.1, 0.15) is 70.6 Å². The van der Waals surface area contributed by atoms with Gasteiger partial charge in [0.15, 0.2) is 5.65 Å². The zero-order valence-corrected chi connectivity index (χ0v) is 22.9. The highest BCUT2D eigenvalue weighted by Gasteiger charge is 2.84. The van der Waals surface area contributed by atoms with E-state index in [-0.39, 0.29) is 68.2 Å². The lowest BCUT2D eigenvalue weighted by Crippen LogP contribution is -2.46. The molecular formula is C28H35F4N5O3. The van der Waals surface area contributed by atoms with Crippen LogP contribution in [0.3, 0.4) is 0 Å². The molecule has 0 radical (unpaired) electrons. The average Bonchev–Trinajstić information content (AvgIpc) is 3.58. The second kappa shape index (κ2) is 9.04. The highest BCUT2D eigenvalue weighted by molar-refractivity contribution is 5.79. The van der Waals surface area contributed by atoms with E-state index in [2.05, 4.69) is 20.7 Å². The van der Waals surface area contributed by atoms with Crippen molar-refractivity contribution in [3.8, 4) is 0 Å². The third-order valence-electron chi connectivity index (χ3n) is 9.01. The van der Waals surface area contributed by atoms with E-state index in [0.717, 1.165) is 12.8 Å². The number of nitrogens with one attached hydrogen (secondary N) is 2. The fourth-order valence-corrected chi connectivity index (χ4v) is 6.91. The van der Waals surface area contributed by atoms with E-state index in [0.29, 0.717) is 11.2 Å². The number of amides is 2. The van der Waals surface area contributed by atoms with E-state index in [4.69, 9.17) is 4.74 Å². The average molecular weight is 566 g/mol. The number of nitrogens with zero attached hydrogens (tertiary/aromatic N) is 3. The van der Waals surface area contributed by atoms with Crippen LogP contribution in [0.15, 0.2) is 18.5 Å². The van der Waals surface area contributed by atoms with Crippen LogP contribution in [0.25, 0.3) is 5.65 Å². The van der Waals surface area contributed by atoms with Crippen molar-refractivity contribution in [1.82, 2.24) is 25.2 Å². The molecular weight excluding hydrogens is 530 g/mol. The topological polar surface area (TPSA) is 97.6 Å². The molecule has 4 aliphatic rings. The zero-order valence-electron chi connectivity index (χ0n) is 22.9. The summed E-state index contributed by atoms with van der Waals surface area (Å²) in [6.45, 7) is 5.70. The molecule has 2 aromatic heterocycles. The largest absolute Gasteiger partial charge is 0.449 e. The molecule has 4 aliphatic carbocycles. The summed E-state index contributed by atoms with van der Waals surface area (Å²) in [5.41, 5.74) is -0.574. The number of ether oxygens (including phenoxy) is 1. The number of aromatic nitrogens is 3. The number of carbonyl (C=O) groups excluding carboxylic acids is 2. The predicted octanol–water partition coefficient (Wildman–Crippen LogP) is 4.85. The summed E-state index contributed by atoms with van der Waals surface area (Å²) in [7, 11) is 0. The van der Waals surface area contributed by atoms with E-state index < -0.39 is 40.7 Å². The maximum atomic E-state index is 15.0. The predicted molar refractivity (Wildman–Crippen MR) is 136 cm³/mol. The Bertz CT molecular complexity index is 1330. The number of alkyl halides is 4. The Morgan fingerprint density at radius 1 is 1.15 bits per heavy atom. The number of halogens is 4. The molecule has 0 aliphatic heterocycles. The van der Waals surface area contributed by atoms with Crippen molar-refractivity contribution >= 4 is 17.6 Å². The first-order chi connectivity index (χ1) is 18.7. The summed E-state index contributed by atoms with van der Waals surface area (Å²) >= 11 is 0. The molecule has 3 unspecified atom stereocenters. The minimum absolute atomic E-state index is 0.0616. The Morgan fingerprint density at radius 2 is 1.88 bits per heavy atom. The first-order valence-electron chi connectivity index (χ1n) is 14.0. The molecule has 2 aromatic rings. The highest BCUT2D eigenvalue weighted by atomic mass is 19.3. The monoisotopic (exact) mass is 565 g/mol. The second-order valence-corrected chi connectivity index (χ2v) is 13.3. The number of alkyl carbamates (subject to hydrolysis) is 1. The first kappa shape index (κ1) is 27.3. The molecule has 4 saturated carbocycles. The molecule has 0 bridgehead atoms. The third-order valence-corrected chi connectivity index (χ3v) is 9.01. The molecule has 6 rings (SSSR count). The van der Waals surface area contributed by atoms with Crippen LogP contribution in [0, 0.1) is 29.6 Å². The molecule has 4 atom stereocenters. The van der Waals surface area contributed by atoms with Gasteiger partial charge in [-0.2, -0.15) is 5.10 Å². The minimum Gasteiger partial charge on any atom is -0.449 e. The van der Waals surface area contributed by atoms with Gasteiger partial charge in [-0.15, -0.1) is 0 Å². The first-order valence-corrected chi connectivity index (χ1v) is 14.0. The van der Waals surface area contributed by atoms with E-state index in [1.807, 2.05) is 20.8 Å². The fourth-order valence-electron chi connectivity index (χ4n) is 6.91. The molecule has 2 heterocycles. The number of rotatable bonds is 8. The van der Waals surface area contributed by atoms with Crippen LogP contribution in [-0.2, 0) is 21.5 Å². The van der Waals surface area contributed by atoms with Gasteiger partial charge in [0.1, 0.15) is 0 Å². The number of hydrogen-bond acceptors (Lipinski definition) is 5. The second-order valence-electron chi connectivity index (χ2n) is 13.3. The SMILES string of the molecule is CC(C)(C)NC(=O)OCC1CC2C(F)(F)C2(c2cn3ncc(CNC(=O)[C@H](C4CC4)C4CC(F)(F)C4)cc3n2)C1. The standard InChI is InChI=1S/C28H35F4N5O3/c1-25(2,3)36-24(39)40-14-15-6-19-27(8-15,28(19,31)32)20-13-37-21(35-20)7-16(12-34-37)11-33-23(38)22(17-4-5-17)18-9-26(29,30)10-18/h7,12-13,15,17-19,22H,4-6,8-11,14H2,1-3H3,(H,33,38)(H,36,39)/t15?,19?,22-,27?/m1/s1. The van der Waals surface area contributed by atoms with Crippen LogP contribution >= 0.6 is 0 Å². The van der Waals surface area contributed by atoms with Gasteiger partial charge in [0.2, 0.25) is 11.8 Å². The van der Waals surface area contributed by atoms with E-state index in [1.54, 1.807) is 12.3 Å². The van der Waals surface area contributed by atoms with Gasteiger partial charge >= 0.3 is 6.09 Å². The van der Waals surface area contributed by atoms with Gasteiger partial charge in [-0.3, -0.25) is 4.79 Å². The summed E-state index contributed by atoms with van der Waals surface area (Å²) in [4.78, 5) is 29.4. The van der Waals surface area contributed by atoms with Crippen molar-refractivity contribution in [2.24, 2.45) is 29.6 Å². The summed E-state index contributed by atoms with van der Waals surface area (Å²) in [5.74, 6) is -7.40. The lowest BCUT2D eigenvalue weighted by molar-refractivity contribution is -0.147. The molecule has 0 aromatic carbocycles. The normalized spacial score (nSPS) is 29.4. The Labute approximate surface area is 229 Å². The lowest BCUT2D eigenvalue weighted by atomic mass is 9.71. The number of imidazole rings is 1. The zero-order chi connectivity index (χ0) is 28.7. The Balaban J connectivity index is 1.10. The quantitative estimate of drug-likeness (QED) is 0.446. The fraction of sp³-hybridized carbons (Fsp3) is 0.714. The number of carbonyl (C=O) groups is 2. The molecule has 0 spiro atoms. The van der Waals surface area contributed by atoms with Crippen molar-refractivity contribution in [2.45, 2.75) is 88.6 Å². The maximum Gasteiger partial charge on any atom is 0.407 e. The van der Waals surface area contributed by atoms with Crippen LogP contribution in [-0.4, -0.2) is 50.6 Å². The van der Waals surface area contributed by atoms with E-state index in [1.165, 1.54) is 10.7 Å². The highest BCUT2D eigenvalue weighted by Crippen LogP contribution is 2.75. The smallest absolute Gasteiger partial charge is 0.407 e. The lowest BCUT2D eigenvalue weighted by Gasteiger charge is -2.39. The maximum absolute atomic E-state index is 15.0. The third kappa shape index (κ3) is 4.81. The molecule has 8 nitrogen and oxygen atoms in total. The molecule has 12 heteroatoms. The van der Waals surface area contributed by atoms with E-state index >= 15 is 8.78 Å². The van der Waals surface area contributed by atoms with Crippen molar-refractivity contribution in [2.75, 3.05) is 6.61 Å². The summed E-state index contributed by atoms with van der Waals surface area (Å²) < 4.78 is 63.6. The van der Waals surface area contributed by atoms with Crippen molar-refractivity contribution in [3.05, 3.63) is 29.7 Å². The van der Waals surface area contributed by atoms with Crippen LogP contribution in [0.2, 0.25) is 0 Å². The van der Waals surface area contributed by atoms with Gasteiger partial charge in [-0.25, -0.2) is 31.9 Å². The van der Waals surface area contributed by atoms with Crippen molar-refractivity contribution in [1.29, 1.82) is 0 Å². The Kier molecular flexibility index (Phi) is 6.16. The molecule has 0 saturated heterocycles. The summed E-state index contributed by atoms with van der Waals surface area (Å²) in [5, 5.41) is 9.89. The van der Waals surface area contributed by atoms with Crippen molar-refractivity contribution < 1.29 is 31.9 Å². The van der Waals surface area contributed by atoms with Gasteiger partial charge in [0, 0.05) is 36.8 Å². The van der Waals surface area contributed by atoms with E-state index in [9.17, 15) is 18.4 Å². The molecule has 2 amide bonds. The minimum atomic E-state index is -2.90. The summed E-state index contributed by atoms with van der Waals surface area (Å²) in [6, 6.07) is 1.69. The Hall–Kier alpha value is -2.92. The molecule has 4 fully saturated rings. The van der Waals surface area contributed by atoms with Crippen LogP contribution < -0.4 is 10.6 Å². The van der Waals surface area contributed by atoms with Gasteiger partial charge in [0.25, 0.3) is 5.92 Å². The van der Waals surface area contributed by atoms with Crippen LogP contribution in [0.5, 0.6) is 0 Å². The molecule has 40 heavy (non-hydrogen) atoms. The van der Waals surface area contributed by atoms with Gasteiger partial charge in [-0.05, 0) is 75.8 Å². The molecule has 2 N–H and O–H groups in total. The van der Waals surface area contributed by atoms with Crippen molar-refractivity contribution in [3.63, 3.8) is 0 Å². The van der Waals surface area contributed by atoms with Gasteiger partial charge in [-0.1, -0.05) is 0 Å². The summed E-state index contributed by atoms with van der Waals surface area (Å²) in [6.07, 6.45) is 4.19. The van der Waals surface area contributed by atoms with Gasteiger partial charge in [0.05, 0.1) is 30.1 Å². The number of hydrogen-bond donors (Lipinski definition) is 2.